The van der Waals surface area contributed by atoms with E-state index >= 15 is 0 Å². The third-order valence-electron chi connectivity index (χ3n) is 1.05. The molecule has 0 aliphatic rings. The zero-order chi connectivity index (χ0) is 6.78. The van der Waals surface area contributed by atoms with Gasteiger partial charge in [0, 0.05) is 6.42 Å². The molecule has 0 radical (unpaired) electrons. The molecule has 3 heteroatoms. The van der Waals surface area contributed by atoms with Gasteiger partial charge in [-0.1, -0.05) is 6.92 Å². The lowest BCUT2D eigenvalue weighted by atomic mass is 10.2. The van der Waals surface area contributed by atoms with Crippen molar-refractivity contribution < 1.29 is 8.78 Å². The number of hydrogen-bond donors (Lipinski definition) is 0. The van der Waals surface area contributed by atoms with Gasteiger partial charge in [-0.05, 0) is 6.92 Å². The monoisotopic (exact) mass is 142 g/mol. The molecule has 50 valence electrons. The van der Waals surface area contributed by atoms with E-state index in [1.807, 2.05) is 0 Å². The minimum atomic E-state index is -2.69. The second-order valence-electron chi connectivity index (χ2n) is 1.73. The van der Waals surface area contributed by atoms with Crippen molar-refractivity contribution in [3.05, 3.63) is 0 Å². The Morgan fingerprint density at radius 2 is 2.00 bits per heavy atom. The first-order valence-corrected chi connectivity index (χ1v) is 2.96. The van der Waals surface area contributed by atoms with Gasteiger partial charge < -0.3 is 0 Å². The fourth-order valence-corrected chi connectivity index (χ4v) is 0.436. The minimum absolute atomic E-state index is 0.183. The van der Waals surface area contributed by atoms with Gasteiger partial charge in [0.2, 0.25) is 0 Å². The maximum atomic E-state index is 12.1. The zero-order valence-electron chi connectivity index (χ0n) is 4.92. The van der Waals surface area contributed by atoms with Gasteiger partial charge in [0.1, 0.15) is 0 Å². The second kappa shape index (κ2) is 2.62. The van der Waals surface area contributed by atoms with E-state index in [4.69, 9.17) is 11.6 Å². The van der Waals surface area contributed by atoms with Gasteiger partial charge in [-0.2, -0.15) is 0 Å². The van der Waals surface area contributed by atoms with Crippen LogP contribution in [0.1, 0.15) is 20.3 Å². The molecule has 1 unspecified atom stereocenters. The molecule has 0 aromatic heterocycles. The summed E-state index contributed by atoms with van der Waals surface area (Å²) < 4.78 is 24.3. The van der Waals surface area contributed by atoms with Crippen LogP contribution in [0.2, 0.25) is 0 Å². The highest BCUT2D eigenvalue weighted by molar-refractivity contribution is 6.21. The van der Waals surface area contributed by atoms with Gasteiger partial charge in [-0.3, -0.25) is 0 Å². The topological polar surface area (TPSA) is 0 Å². The molecule has 0 fully saturated rings. The SMILES string of the molecule is CCC(F)(F)C(C)Cl. The van der Waals surface area contributed by atoms with Crippen LogP contribution in [0.5, 0.6) is 0 Å². The van der Waals surface area contributed by atoms with Crippen molar-refractivity contribution in [1.82, 2.24) is 0 Å². The van der Waals surface area contributed by atoms with Crippen molar-refractivity contribution in [1.29, 1.82) is 0 Å². The molecule has 0 saturated carbocycles. The molecule has 0 rings (SSSR count). The summed E-state index contributed by atoms with van der Waals surface area (Å²) in [4.78, 5) is 0. The molecule has 0 aliphatic heterocycles. The van der Waals surface area contributed by atoms with E-state index in [1.165, 1.54) is 13.8 Å². The Balaban J connectivity index is 3.71. The smallest absolute Gasteiger partial charge is 0.205 e. The van der Waals surface area contributed by atoms with Gasteiger partial charge in [0.25, 0.3) is 5.92 Å². The van der Waals surface area contributed by atoms with Crippen molar-refractivity contribution in [3.8, 4) is 0 Å². The van der Waals surface area contributed by atoms with Crippen molar-refractivity contribution in [2.75, 3.05) is 0 Å². The van der Waals surface area contributed by atoms with E-state index < -0.39 is 11.3 Å². The number of rotatable bonds is 2. The first kappa shape index (κ1) is 8.15. The molecule has 0 heterocycles. The Morgan fingerprint density at radius 3 is 2.00 bits per heavy atom. The summed E-state index contributed by atoms with van der Waals surface area (Å²) in [6.07, 6.45) is -0.183. The molecule has 0 aliphatic carbocycles. The average Bonchev–Trinajstić information content (AvgIpc) is 1.67. The summed E-state index contributed by atoms with van der Waals surface area (Å²) in [5, 5.41) is -1.05. The molecule has 8 heavy (non-hydrogen) atoms. The maximum Gasteiger partial charge on any atom is 0.263 e. The van der Waals surface area contributed by atoms with Crippen LogP contribution in [0.3, 0.4) is 0 Å². The lowest BCUT2D eigenvalue weighted by molar-refractivity contribution is -0.00251. The van der Waals surface area contributed by atoms with Crippen molar-refractivity contribution in [3.63, 3.8) is 0 Å². The van der Waals surface area contributed by atoms with E-state index in [0.29, 0.717) is 0 Å². The number of halogens is 3. The fourth-order valence-electron chi connectivity index (χ4n) is 0.281. The van der Waals surface area contributed by atoms with Crippen molar-refractivity contribution in [2.45, 2.75) is 31.6 Å². The Bertz CT molecular complexity index is 70.8. The molecule has 0 N–H and O–H groups in total. The summed E-state index contributed by atoms with van der Waals surface area (Å²) in [7, 11) is 0. The van der Waals surface area contributed by atoms with Crippen molar-refractivity contribution in [2.24, 2.45) is 0 Å². The van der Waals surface area contributed by atoms with Crippen LogP contribution in [0.15, 0.2) is 0 Å². The standard InChI is InChI=1S/C5H9ClF2/c1-3-5(7,8)4(2)6/h4H,3H2,1-2H3. The molecular formula is C5H9ClF2. The van der Waals surface area contributed by atoms with Gasteiger partial charge in [0.05, 0.1) is 5.38 Å². The maximum absolute atomic E-state index is 12.1. The molecule has 1 atom stereocenters. The largest absolute Gasteiger partial charge is 0.263 e. The number of hydrogen-bond acceptors (Lipinski definition) is 0. The third kappa shape index (κ3) is 1.95. The second-order valence-corrected chi connectivity index (χ2v) is 2.39. The Morgan fingerprint density at radius 1 is 1.62 bits per heavy atom. The highest BCUT2D eigenvalue weighted by Crippen LogP contribution is 2.25. The molecule has 0 nitrogen and oxygen atoms in total. The van der Waals surface area contributed by atoms with Crippen LogP contribution in [-0.4, -0.2) is 11.3 Å². The van der Waals surface area contributed by atoms with Gasteiger partial charge in [-0.25, -0.2) is 8.78 Å². The predicted molar refractivity (Wildman–Crippen MR) is 30.6 cm³/mol. The lowest BCUT2D eigenvalue weighted by Gasteiger charge is -2.15. The van der Waals surface area contributed by atoms with E-state index in [0.717, 1.165) is 0 Å². The molecule has 0 amide bonds. The fraction of sp³-hybridized carbons (Fsp3) is 1.00. The van der Waals surface area contributed by atoms with Crippen molar-refractivity contribution >= 4 is 11.6 Å². The summed E-state index contributed by atoms with van der Waals surface area (Å²) in [6.45, 7) is 2.71. The summed E-state index contributed by atoms with van der Waals surface area (Å²) in [5.74, 6) is -2.69. The molecule has 0 saturated heterocycles. The van der Waals surface area contributed by atoms with Crippen LogP contribution in [0.25, 0.3) is 0 Å². The van der Waals surface area contributed by atoms with E-state index in [1.54, 1.807) is 0 Å². The van der Waals surface area contributed by atoms with Crippen LogP contribution in [0.4, 0.5) is 8.78 Å². The first-order chi connectivity index (χ1) is 3.50. The van der Waals surface area contributed by atoms with Crippen LogP contribution < -0.4 is 0 Å². The summed E-state index contributed by atoms with van der Waals surface area (Å²) in [6, 6.07) is 0. The predicted octanol–water partition coefficient (Wildman–Crippen LogP) is 2.66. The quantitative estimate of drug-likeness (QED) is 0.520. The van der Waals surface area contributed by atoms with Gasteiger partial charge >= 0.3 is 0 Å². The lowest BCUT2D eigenvalue weighted by Crippen LogP contribution is -2.24. The highest BCUT2D eigenvalue weighted by atomic mass is 35.5. The summed E-state index contributed by atoms with van der Waals surface area (Å²) >= 11 is 5.12. The molecule has 0 aromatic rings. The van der Waals surface area contributed by atoms with Gasteiger partial charge in [-0.15, -0.1) is 11.6 Å². The van der Waals surface area contributed by atoms with Crippen LogP contribution in [-0.2, 0) is 0 Å². The molecule has 0 bridgehead atoms. The first-order valence-electron chi connectivity index (χ1n) is 2.52. The minimum Gasteiger partial charge on any atom is -0.205 e. The third-order valence-corrected chi connectivity index (χ3v) is 1.37. The molecule has 0 spiro atoms. The Labute approximate surface area is 52.8 Å². The zero-order valence-corrected chi connectivity index (χ0v) is 5.67. The average molecular weight is 143 g/mol. The Kier molecular flexibility index (Phi) is 2.67. The van der Waals surface area contributed by atoms with E-state index in [-0.39, 0.29) is 6.42 Å². The Hall–Kier alpha value is 0.150. The van der Waals surface area contributed by atoms with Gasteiger partial charge in [0.15, 0.2) is 0 Å². The van der Waals surface area contributed by atoms with E-state index in [9.17, 15) is 8.78 Å². The highest BCUT2D eigenvalue weighted by Gasteiger charge is 2.32. The van der Waals surface area contributed by atoms with Crippen LogP contribution in [0, 0.1) is 0 Å². The normalized spacial score (nSPS) is 16.1. The number of alkyl halides is 3. The van der Waals surface area contributed by atoms with E-state index in [2.05, 4.69) is 0 Å². The van der Waals surface area contributed by atoms with Crippen LogP contribution >= 0.6 is 11.6 Å². The summed E-state index contributed by atoms with van der Waals surface area (Å²) in [5.41, 5.74) is 0. The molecule has 0 aromatic carbocycles. The molecular weight excluding hydrogens is 134 g/mol.